The van der Waals surface area contributed by atoms with E-state index in [2.05, 4.69) is 4.98 Å². The summed E-state index contributed by atoms with van der Waals surface area (Å²) < 4.78 is 5.43. The second-order valence-corrected chi connectivity index (χ2v) is 5.96. The van der Waals surface area contributed by atoms with Crippen LogP contribution in [0.15, 0.2) is 48.5 Å². The van der Waals surface area contributed by atoms with Crippen molar-refractivity contribution in [1.82, 2.24) is 9.88 Å². The SMILES string of the molecule is O=C(O)c1cccc(C(=O)N(CCc2ccccc2)C2CCOC2)n1. The number of hydrogen-bond acceptors (Lipinski definition) is 4. The number of hydrogen-bond donors (Lipinski definition) is 1. The Kier molecular flexibility index (Phi) is 5.40. The minimum atomic E-state index is -1.14. The Morgan fingerprint density at radius 1 is 1.12 bits per heavy atom. The molecule has 1 fully saturated rings. The number of benzene rings is 1. The van der Waals surface area contributed by atoms with Crippen LogP contribution in [0.4, 0.5) is 0 Å². The number of rotatable bonds is 6. The van der Waals surface area contributed by atoms with Crippen LogP contribution in [-0.4, -0.2) is 52.7 Å². The molecule has 6 heteroatoms. The number of pyridine rings is 1. The molecule has 1 aromatic heterocycles. The Morgan fingerprint density at radius 2 is 1.88 bits per heavy atom. The molecule has 1 unspecified atom stereocenters. The van der Waals surface area contributed by atoms with Gasteiger partial charge in [-0.3, -0.25) is 4.79 Å². The van der Waals surface area contributed by atoms with Crippen LogP contribution in [0.5, 0.6) is 0 Å². The molecular formula is C19H20N2O4. The maximum atomic E-state index is 12.9. The van der Waals surface area contributed by atoms with Gasteiger partial charge in [0.05, 0.1) is 12.6 Å². The number of aromatic carboxylic acids is 1. The van der Waals surface area contributed by atoms with E-state index in [0.717, 1.165) is 18.4 Å². The summed E-state index contributed by atoms with van der Waals surface area (Å²) in [6, 6.07) is 14.4. The Morgan fingerprint density at radius 3 is 2.56 bits per heavy atom. The first-order valence-electron chi connectivity index (χ1n) is 8.28. The summed E-state index contributed by atoms with van der Waals surface area (Å²) in [4.78, 5) is 29.8. The van der Waals surface area contributed by atoms with Crippen molar-refractivity contribution in [1.29, 1.82) is 0 Å². The molecule has 0 aliphatic carbocycles. The molecule has 1 aliphatic heterocycles. The highest BCUT2D eigenvalue weighted by Crippen LogP contribution is 2.17. The second-order valence-electron chi connectivity index (χ2n) is 5.96. The van der Waals surface area contributed by atoms with E-state index < -0.39 is 5.97 Å². The van der Waals surface area contributed by atoms with Gasteiger partial charge in [0.15, 0.2) is 0 Å². The molecular weight excluding hydrogens is 320 g/mol. The third-order valence-corrected chi connectivity index (χ3v) is 4.28. The Labute approximate surface area is 146 Å². The summed E-state index contributed by atoms with van der Waals surface area (Å²) >= 11 is 0. The highest BCUT2D eigenvalue weighted by atomic mass is 16.5. The molecule has 0 saturated carbocycles. The molecule has 130 valence electrons. The van der Waals surface area contributed by atoms with E-state index in [0.29, 0.717) is 19.8 Å². The second kappa shape index (κ2) is 7.90. The minimum absolute atomic E-state index is 0.00787. The van der Waals surface area contributed by atoms with E-state index in [1.807, 2.05) is 30.3 Å². The van der Waals surface area contributed by atoms with Gasteiger partial charge >= 0.3 is 5.97 Å². The fourth-order valence-corrected chi connectivity index (χ4v) is 2.93. The number of carbonyl (C=O) groups is 2. The molecule has 0 bridgehead atoms. The Bertz CT molecular complexity index is 742. The molecule has 0 spiro atoms. The smallest absolute Gasteiger partial charge is 0.354 e. The van der Waals surface area contributed by atoms with Gasteiger partial charge in [-0.1, -0.05) is 36.4 Å². The largest absolute Gasteiger partial charge is 0.477 e. The van der Waals surface area contributed by atoms with Crippen LogP contribution >= 0.6 is 0 Å². The number of nitrogens with zero attached hydrogens (tertiary/aromatic N) is 2. The maximum Gasteiger partial charge on any atom is 0.354 e. The van der Waals surface area contributed by atoms with Crippen molar-refractivity contribution in [2.24, 2.45) is 0 Å². The molecule has 3 rings (SSSR count). The van der Waals surface area contributed by atoms with E-state index in [1.54, 1.807) is 17.0 Å². The van der Waals surface area contributed by atoms with Crippen molar-refractivity contribution in [2.75, 3.05) is 19.8 Å². The standard InChI is InChI=1S/C19H20N2O4/c22-18(16-7-4-8-17(20-16)19(23)24)21(15-10-12-25-13-15)11-9-14-5-2-1-3-6-14/h1-8,15H,9-13H2,(H,23,24). The predicted octanol–water partition coefficient (Wildman–Crippen LogP) is 2.25. The summed E-state index contributed by atoms with van der Waals surface area (Å²) in [5.74, 6) is -1.40. The third kappa shape index (κ3) is 4.22. The van der Waals surface area contributed by atoms with Crippen molar-refractivity contribution in [3.63, 3.8) is 0 Å². The van der Waals surface area contributed by atoms with Gasteiger partial charge in [0, 0.05) is 13.2 Å². The average molecular weight is 340 g/mol. The van der Waals surface area contributed by atoms with Crippen LogP contribution in [0.1, 0.15) is 33.0 Å². The number of carboxylic acids is 1. The van der Waals surface area contributed by atoms with Gasteiger partial charge in [-0.05, 0) is 30.5 Å². The van der Waals surface area contributed by atoms with E-state index in [-0.39, 0.29) is 23.3 Å². The number of aromatic nitrogens is 1. The zero-order valence-corrected chi connectivity index (χ0v) is 13.8. The molecule has 1 aliphatic rings. The summed E-state index contributed by atoms with van der Waals surface area (Å²) in [7, 11) is 0. The zero-order valence-electron chi connectivity index (χ0n) is 13.8. The average Bonchev–Trinajstić information content (AvgIpc) is 3.17. The zero-order chi connectivity index (χ0) is 17.6. The van der Waals surface area contributed by atoms with Crippen molar-refractivity contribution in [3.05, 3.63) is 65.5 Å². The fourth-order valence-electron chi connectivity index (χ4n) is 2.93. The van der Waals surface area contributed by atoms with Gasteiger partial charge in [-0.25, -0.2) is 9.78 Å². The highest BCUT2D eigenvalue weighted by molar-refractivity contribution is 5.94. The molecule has 1 atom stereocenters. The van der Waals surface area contributed by atoms with Crippen molar-refractivity contribution < 1.29 is 19.4 Å². The molecule has 25 heavy (non-hydrogen) atoms. The fraction of sp³-hybridized carbons (Fsp3) is 0.316. The van der Waals surface area contributed by atoms with Crippen molar-refractivity contribution in [3.8, 4) is 0 Å². The van der Waals surface area contributed by atoms with Crippen molar-refractivity contribution >= 4 is 11.9 Å². The van der Waals surface area contributed by atoms with Gasteiger partial charge in [0.25, 0.3) is 5.91 Å². The lowest BCUT2D eigenvalue weighted by Crippen LogP contribution is -2.42. The Balaban J connectivity index is 1.79. The first kappa shape index (κ1) is 17.1. The number of carboxylic acid groups (broad SMARTS) is 1. The lowest BCUT2D eigenvalue weighted by Gasteiger charge is -2.28. The first-order chi connectivity index (χ1) is 12.1. The quantitative estimate of drug-likeness (QED) is 0.872. The maximum absolute atomic E-state index is 12.9. The van der Waals surface area contributed by atoms with Gasteiger partial charge in [0.1, 0.15) is 11.4 Å². The van der Waals surface area contributed by atoms with Crippen LogP contribution in [0.25, 0.3) is 0 Å². The number of carbonyl (C=O) groups excluding carboxylic acids is 1. The van der Waals surface area contributed by atoms with E-state index >= 15 is 0 Å². The van der Waals surface area contributed by atoms with Crippen LogP contribution in [0, 0.1) is 0 Å². The van der Waals surface area contributed by atoms with Crippen LogP contribution < -0.4 is 0 Å². The topological polar surface area (TPSA) is 79.7 Å². The van der Waals surface area contributed by atoms with E-state index in [9.17, 15) is 9.59 Å². The normalized spacial score (nSPS) is 16.6. The molecule has 1 saturated heterocycles. The molecule has 1 N–H and O–H groups in total. The monoisotopic (exact) mass is 340 g/mol. The van der Waals surface area contributed by atoms with E-state index in [4.69, 9.17) is 9.84 Å². The molecule has 2 heterocycles. The number of ether oxygens (including phenoxy) is 1. The minimum Gasteiger partial charge on any atom is -0.477 e. The molecule has 1 amide bonds. The van der Waals surface area contributed by atoms with Gasteiger partial charge in [0.2, 0.25) is 0 Å². The van der Waals surface area contributed by atoms with Crippen LogP contribution in [0.2, 0.25) is 0 Å². The summed E-state index contributed by atoms with van der Waals surface area (Å²) in [6.45, 7) is 1.66. The highest BCUT2D eigenvalue weighted by Gasteiger charge is 2.28. The van der Waals surface area contributed by atoms with Crippen molar-refractivity contribution in [2.45, 2.75) is 18.9 Å². The van der Waals surface area contributed by atoms with Gasteiger partial charge in [-0.2, -0.15) is 0 Å². The van der Waals surface area contributed by atoms with Gasteiger partial charge in [-0.15, -0.1) is 0 Å². The third-order valence-electron chi connectivity index (χ3n) is 4.28. The summed E-state index contributed by atoms with van der Waals surface area (Å²) in [6.07, 6.45) is 1.50. The first-order valence-corrected chi connectivity index (χ1v) is 8.28. The van der Waals surface area contributed by atoms with E-state index in [1.165, 1.54) is 6.07 Å². The lowest BCUT2D eigenvalue weighted by molar-refractivity contribution is 0.0649. The van der Waals surface area contributed by atoms with Gasteiger partial charge < -0.3 is 14.7 Å². The summed E-state index contributed by atoms with van der Waals surface area (Å²) in [5.41, 5.74) is 1.17. The molecule has 2 aromatic rings. The predicted molar refractivity (Wildman–Crippen MR) is 91.6 cm³/mol. The summed E-state index contributed by atoms with van der Waals surface area (Å²) in [5, 5.41) is 9.09. The number of amides is 1. The molecule has 6 nitrogen and oxygen atoms in total. The molecule has 0 radical (unpaired) electrons. The Hall–Kier alpha value is -2.73. The van der Waals surface area contributed by atoms with Crippen LogP contribution in [0.3, 0.4) is 0 Å². The molecule has 1 aromatic carbocycles. The van der Waals surface area contributed by atoms with Crippen LogP contribution in [-0.2, 0) is 11.2 Å². The lowest BCUT2D eigenvalue weighted by atomic mass is 10.1.